The van der Waals surface area contributed by atoms with Crippen LogP contribution in [0.2, 0.25) is 0 Å². The highest BCUT2D eigenvalue weighted by Gasteiger charge is 2.12. The van der Waals surface area contributed by atoms with Crippen molar-refractivity contribution in [1.82, 2.24) is 0 Å². The molecular formula is C18H14N2O6S. The van der Waals surface area contributed by atoms with Gasteiger partial charge in [-0.05, 0) is 43.3 Å². The van der Waals surface area contributed by atoms with Crippen LogP contribution < -0.4 is 5.55 Å². The summed E-state index contributed by atoms with van der Waals surface area (Å²) in [5, 5.41) is 11.3. The van der Waals surface area contributed by atoms with Gasteiger partial charge in [0, 0.05) is 23.8 Å². The Bertz CT molecular complexity index is 1240. The van der Waals surface area contributed by atoms with Crippen LogP contribution in [0.5, 0.6) is 0 Å². The van der Waals surface area contributed by atoms with E-state index in [9.17, 15) is 23.3 Å². The Hall–Kier alpha value is -3.33. The average Bonchev–Trinajstić information content (AvgIpc) is 2.60. The van der Waals surface area contributed by atoms with Crippen LogP contribution in [-0.4, -0.2) is 25.4 Å². The molecule has 8 nitrogen and oxygen atoms in total. The molecule has 0 fully saturated rings. The van der Waals surface area contributed by atoms with Gasteiger partial charge in [-0.2, -0.15) is 0 Å². The second-order valence-corrected chi connectivity index (χ2v) is 7.89. The monoisotopic (exact) mass is 386 g/mol. The Morgan fingerprint density at radius 2 is 1.78 bits per heavy atom. The van der Waals surface area contributed by atoms with Crippen LogP contribution in [0.25, 0.3) is 11.0 Å². The van der Waals surface area contributed by atoms with Gasteiger partial charge in [0.2, 0.25) is 5.55 Å². The zero-order valence-electron chi connectivity index (χ0n) is 14.4. The van der Waals surface area contributed by atoms with E-state index in [2.05, 4.69) is 4.99 Å². The van der Waals surface area contributed by atoms with Crippen LogP contribution in [0.15, 0.2) is 62.8 Å². The van der Waals surface area contributed by atoms with E-state index in [0.717, 1.165) is 6.26 Å². The number of Topliss-reactive ketones (excluding diaryl/α,β-unsaturated/α-hetero) is 1. The number of nitro groups is 1. The first-order valence-corrected chi connectivity index (χ1v) is 9.62. The highest BCUT2D eigenvalue weighted by molar-refractivity contribution is 7.90. The summed E-state index contributed by atoms with van der Waals surface area (Å²) in [6.45, 7) is 1.33. The van der Waals surface area contributed by atoms with Gasteiger partial charge in [-0.3, -0.25) is 14.9 Å². The number of benzene rings is 2. The number of carbonyl (C=O) groups excluding carboxylic acids is 1. The van der Waals surface area contributed by atoms with E-state index in [0.29, 0.717) is 16.7 Å². The molecule has 3 aromatic rings. The van der Waals surface area contributed by atoms with Crippen molar-refractivity contribution >= 4 is 38.0 Å². The van der Waals surface area contributed by atoms with E-state index in [1.807, 2.05) is 0 Å². The maximum atomic E-state index is 12.0. The summed E-state index contributed by atoms with van der Waals surface area (Å²) in [6.07, 6.45) is 1.10. The summed E-state index contributed by atoms with van der Waals surface area (Å²) >= 11 is 0. The molecule has 0 aliphatic rings. The minimum atomic E-state index is -3.33. The largest absolute Gasteiger partial charge is 0.438 e. The maximum Gasteiger partial charge on any atom is 0.270 e. The van der Waals surface area contributed by atoms with Crippen molar-refractivity contribution in [2.45, 2.75) is 11.8 Å². The smallest absolute Gasteiger partial charge is 0.270 e. The fourth-order valence-electron chi connectivity index (χ4n) is 2.45. The summed E-state index contributed by atoms with van der Waals surface area (Å²) in [5.41, 5.74) is 0.811. The molecule has 27 heavy (non-hydrogen) atoms. The van der Waals surface area contributed by atoms with Crippen LogP contribution in [0.4, 0.5) is 11.4 Å². The number of nitrogens with zero attached hydrogens (tertiary/aromatic N) is 2. The maximum absolute atomic E-state index is 12.0. The van der Waals surface area contributed by atoms with E-state index in [1.165, 1.54) is 55.5 Å². The molecule has 0 aliphatic carbocycles. The van der Waals surface area contributed by atoms with Gasteiger partial charge in [0.1, 0.15) is 5.58 Å². The van der Waals surface area contributed by atoms with Crippen molar-refractivity contribution in [3.8, 4) is 0 Å². The number of sulfone groups is 1. The normalized spacial score (nSPS) is 12.3. The lowest BCUT2D eigenvalue weighted by Crippen LogP contribution is -2.13. The highest BCUT2D eigenvalue weighted by Crippen LogP contribution is 2.21. The Kier molecular flexibility index (Phi) is 4.63. The fourth-order valence-corrected chi connectivity index (χ4v) is 3.08. The third kappa shape index (κ3) is 3.93. The summed E-state index contributed by atoms with van der Waals surface area (Å²) in [4.78, 5) is 26.8. The number of hydrogen-bond acceptors (Lipinski definition) is 7. The number of carbonyl (C=O) groups is 1. The van der Waals surface area contributed by atoms with Crippen molar-refractivity contribution in [3.05, 3.63) is 69.8 Å². The molecule has 0 bridgehead atoms. The Balaban J connectivity index is 2.19. The molecular weight excluding hydrogens is 372 g/mol. The fraction of sp³-hybridized carbons (Fsp3) is 0.111. The second kappa shape index (κ2) is 6.76. The Morgan fingerprint density at radius 1 is 1.11 bits per heavy atom. The van der Waals surface area contributed by atoms with Crippen molar-refractivity contribution in [2.24, 2.45) is 4.99 Å². The number of nitro benzene ring substituents is 1. The molecule has 138 valence electrons. The Morgan fingerprint density at radius 3 is 2.33 bits per heavy atom. The molecule has 2 aromatic carbocycles. The molecule has 0 amide bonds. The second-order valence-electron chi connectivity index (χ2n) is 5.88. The van der Waals surface area contributed by atoms with Gasteiger partial charge in [-0.1, -0.05) is 0 Å². The SMILES string of the molecule is CC(=O)c1cc2cc([N+](=O)[O-])ccc2oc1=Nc1ccc(S(C)(=O)=O)cc1. The summed E-state index contributed by atoms with van der Waals surface area (Å²) < 4.78 is 28.7. The molecule has 0 aliphatic heterocycles. The van der Waals surface area contributed by atoms with Gasteiger partial charge in [0.05, 0.1) is 21.1 Å². The predicted octanol–water partition coefficient (Wildman–Crippen LogP) is 3.18. The van der Waals surface area contributed by atoms with E-state index in [4.69, 9.17) is 4.42 Å². The van der Waals surface area contributed by atoms with E-state index in [1.54, 1.807) is 0 Å². The standard InChI is InChI=1S/C18H14N2O6S/c1-11(21)16-10-12-9-14(20(22)23)5-8-17(12)26-18(16)19-13-3-6-15(7-4-13)27(2,24)25/h3-10H,1-2H3. The van der Waals surface area contributed by atoms with Crippen LogP contribution in [0.1, 0.15) is 17.3 Å². The van der Waals surface area contributed by atoms with Gasteiger partial charge >= 0.3 is 0 Å². The lowest BCUT2D eigenvalue weighted by Gasteiger charge is -2.03. The van der Waals surface area contributed by atoms with Crippen molar-refractivity contribution in [2.75, 3.05) is 6.26 Å². The van der Waals surface area contributed by atoms with Gasteiger partial charge < -0.3 is 4.42 Å². The molecule has 1 aromatic heterocycles. The topological polar surface area (TPSA) is 120 Å². The number of hydrogen-bond donors (Lipinski definition) is 0. The number of rotatable bonds is 4. The first-order valence-electron chi connectivity index (χ1n) is 7.73. The molecule has 1 heterocycles. The van der Waals surface area contributed by atoms with Crippen LogP contribution >= 0.6 is 0 Å². The van der Waals surface area contributed by atoms with E-state index in [-0.39, 0.29) is 27.5 Å². The molecule has 0 N–H and O–H groups in total. The van der Waals surface area contributed by atoms with Crippen molar-refractivity contribution in [1.29, 1.82) is 0 Å². The third-order valence-electron chi connectivity index (χ3n) is 3.82. The molecule has 0 saturated heterocycles. The van der Waals surface area contributed by atoms with E-state index >= 15 is 0 Å². The van der Waals surface area contributed by atoms with Crippen LogP contribution in [-0.2, 0) is 9.84 Å². The third-order valence-corrected chi connectivity index (χ3v) is 4.94. The van der Waals surface area contributed by atoms with Crippen molar-refractivity contribution < 1.29 is 22.6 Å². The zero-order chi connectivity index (χ0) is 19.8. The summed E-state index contributed by atoms with van der Waals surface area (Å²) in [5.74, 6) is -0.321. The van der Waals surface area contributed by atoms with Gasteiger partial charge in [0.25, 0.3) is 5.69 Å². The van der Waals surface area contributed by atoms with Crippen LogP contribution in [0, 0.1) is 10.1 Å². The van der Waals surface area contributed by atoms with Gasteiger partial charge in [-0.25, -0.2) is 13.4 Å². The number of fused-ring (bicyclic) bond motifs is 1. The first kappa shape index (κ1) is 18.5. The highest BCUT2D eigenvalue weighted by atomic mass is 32.2. The van der Waals surface area contributed by atoms with E-state index < -0.39 is 14.8 Å². The van der Waals surface area contributed by atoms with Crippen LogP contribution in [0.3, 0.4) is 0 Å². The molecule has 0 unspecified atom stereocenters. The number of ketones is 1. The summed E-state index contributed by atoms with van der Waals surface area (Å²) in [6, 6.07) is 11.3. The number of non-ortho nitro benzene ring substituents is 1. The van der Waals surface area contributed by atoms with Gasteiger partial charge in [0.15, 0.2) is 15.6 Å². The molecule has 9 heteroatoms. The van der Waals surface area contributed by atoms with Gasteiger partial charge in [-0.15, -0.1) is 0 Å². The lowest BCUT2D eigenvalue weighted by molar-refractivity contribution is -0.384. The first-order chi connectivity index (χ1) is 12.6. The predicted molar refractivity (Wildman–Crippen MR) is 97.6 cm³/mol. The summed E-state index contributed by atoms with van der Waals surface area (Å²) in [7, 11) is -3.33. The minimum Gasteiger partial charge on any atom is -0.438 e. The molecule has 0 saturated carbocycles. The Labute approximate surface area is 153 Å². The quantitative estimate of drug-likeness (QED) is 0.386. The molecule has 0 spiro atoms. The zero-order valence-corrected chi connectivity index (χ0v) is 15.2. The average molecular weight is 386 g/mol. The molecule has 0 radical (unpaired) electrons. The minimum absolute atomic E-state index is 0.0379. The molecule has 3 rings (SSSR count). The lowest BCUT2D eigenvalue weighted by atomic mass is 10.1. The molecule has 0 atom stereocenters. The van der Waals surface area contributed by atoms with Crippen molar-refractivity contribution in [3.63, 3.8) is 0 Å².